The number of amides is 2. The molecule has 2 amide bonds. The van der Waals surface area contributed by atoms with Crippen LogP contribution in [0.5, 0.6) is 0 Å². The molecule has 1 heterocycles. The Hall–Kier alpha value is -2.68. The van der Waals surface area contributed by atoms with Gasteiger partial charge >= 0.3 is 6.03 Å². The van der Waals surface area contributed by atoms with Crippen LogP contribution in [0, 0.1) is 11.7 Å². The van der Waals surface area contributed by atoms with Crippen molar-refractivity contribution in [3.63, 3.8) is 0 Å². The van der Waals surface area contributed by atoms with Crippen LogP contribution in [0.4, 0.5) is 26.2 Å². The number of carbonyl (C=O) groups excluding carboxylic acids is 2. The summed E-state index contributed by atoms with van der Waals surface area (Å²) < 4.78 is 25.2. The number of aldehydes is 1. The van der Waals surface area contributed by atoms with Crippen molar-refractivity contribution in [2.45, 2.75) is 44.1 Å². The third-order valence-electron chi connectivity index (χ3n) is 6.76. The van der Waals surface area contributed by atoms with Crippen molar-refractivity contribution in [3.8, 4) is 0 Å². The lowest BCUT2D eigenvalue weighted by Crippen LogP contribution is -2.41. The number of rotatable bonds is 11. The van der Waals surface area contributed by atoms with Gasteiger partial charge in [-0.05, 0) is 67.5 Å². The molecule has 1 aliphatic heterocycles. The van der Waals surface area contributed by atoms with Gasteiger partial charge in [0.25, 0.3) is 0 Å². The van der Waals surface area contributed by atoms with E-state index in [0.717, 1.165) is 43.0 Å². The number of hydrogen-bond donors (Lipinski definition) is 2. The Balaban J connectivity index is 1.65. The van der Waals surface area contributed by atoms with E-state index < -0.39 is 11.8 Å². The molecule has 0 bridgehead atoms. The summed E-state index contributed by atoms with van der Waals surface area (Å²) in [6.07, 6.45) is 5.40. The molecule has 36 heavy (non-hydrogen) atoms. The first-order valence-electron chi connectivity index (χ1n) is 12.4. The highest BCUT2D eigenvalue weighted by Crippen LogP contribution is 2.38. The molecule has 4 rings (SSSR count). The Labute approximate surface area is 216 Å². The largest absolute Gasteiger partial charge is 0.384 e. The van der Waals surface area contributed by atoms with Crippen molar-refractivity contribution < 1.29 is 23.5 Å². The lowest BCUT2D eigenvalue weighted by atomic mass is 9.95. The third-order valence-corrected chi connectivity index (χ3v) is 7.00. The van der Waals surface area contributed by atoms with Gasteiger partial charge in [0, 0.05) is 50.3 Å². The van der Waals surface area contributed by atoms with Crippen LogP contribution in [0.25, 0.3) is 0 Å². The molecule has 1 aliphatic carbocycles. The van der Waals surface area contributed by atoms with Gasteiger partial charge in [-0.3, -0.25) is 0 Å². The zero-order valence-electron chi connectivity index (χ0n) is 20.5. The molecule has 7 nitrogen and oxygen atoms in total. The summed E-state index contributed by atoms with van der Waals surface area (Å²) in [4.78, 5) is 26.7. The molecular weight excluding hydrogens is 485 g/mol. The van der Waals surface area contributed by atoms with Crippen LogP contribution < -0.4 is 15.5 Å². The molecule has 0 spiro atoms. The van der Waals surface area contributed by atoms with Gasteiger partial charge in [0.05, 0.1) is 23.7 Å². The van der Waals surface area contributed by atoms with Crippen LogP contribution in [0.15, 0.2) is 36.4 Å². The van der Waals surface area contributed by atoms with E-state index in [4.69, 9.17) is 21.1 Å². The van der Waals surface area contributed by atoms with Crippen LogP contribution in [0.2, 0.25) is 5.02 Å². The normalized spacial score (nSPS) is 16.9. The summed E-state index contributed by atoms with van der Waals surface area (Å²) in [6.45, 7) is 2.70. The second-order valence-corrected chi connectivity index (χ2v) is 9.91. The summed E-state index contributed by atoms with van der Waals surface area (Å²) in [7, 11) is 1.60. The van der Waals surface area contributed by atoms with E-state index >= 15 is 0 Å². The fourth-order valence-corrected chi connectivity index (χ4v) is 4.82. The van der Waals surface area contributed by atoms with E-state index in [2.05, 4.69) is 15.5 Å². The maximum atomic E-state index is 14.3. The number of halogens is 2. The van der Waals surface area contributed by atoms with Gasteiger partial charge in [-0.1, -0.05) is 17.7 Å². The van der Waals surface area contributed by atoms with Gasteiger partial charge < -0.3 is 29.8 Å². The van der Waals surface area contributed by atoms with Gasteiger partial charge in [0.1, 0.15) is 12.1 Å². The Morgan fingerprint density at radius 2 is 1.92 bits per heavy atom. The van der Waals surface area contributed by atoms with Gasteiger partial charge in [0.2, 0.25) is 0 Å². The SMILES string of the molecule is COCC(CC=O)c1ccc(N(CC2CC2)C2CCOCC2)c(NC(=O)Nc2ccc(Cl)cc2F)c1. The molecular formula is C27H33ClFN3O4. The van der Waals surface area contributed by atoms with E-state index in [1.807, 2.05) is 18.2 Å². The third kappa shape index (κ3) is 6.96. The Morgan fingerprint density at radius 1 is 1.17 bits per heavy atom. The van der Waals surface area contributed by atoms with E-state index in [9.17, 15) is 14.0 Å². The van der Waals surface area contributed by atoms with E-state index in [0.29, 0.717) is 43.9 Å². The highest BCUT2D eigenvalue weighted by molar-refractivity contribution is 6.30. The Bertz CT molecular complexity index is 1060. The van der Waals surface area contributed by atoms with E-state index in [1.165, 1.54) is 25.0 Å². The topological polar surface area (TPSA) is 79.9 Å². The summed E-state index contributed by atoms with van der Waals surface area (Å²) in [5.41, 5.74) is 2.44. The van der Waals surface area contributed by atoms with Gasteiger partial charge in [-0.25, -0.2) is 9.18 Å². The number of hydrogen-bond acceptors (Lipinski definition) is 5. The van der Waals surface area contributed by atoms with Crippen molar-refractivity contribution in [3.05, 3.63) is 52.8 Å². The molecule has 2 aromatic rings. The molecule has 9 heteroatoms. The number of methoxy groups -OCH3 is 1. The number of nitrogens with zero attached hydrogens (tertiary/aromatic N) is 1. The minimum Gasteiger partial charge on any atom is -0.384 e. The van der Waals surface area contributed by atoms with E-state index in [1.54, 1.807) is 7.11 Å². The molecule has 1 saturated carbocycles. The average Bonchev–Trinajstić information content (AvgIpc) is 3.69. The molecule has 194 valence electrons. The zero-order chi connectivity index (χ0) is 25.5. The second-order valence-electron chi connectivity index (χ2n) is 9.47. The predicted octanol–water partition coefficient (Wildman–Crippen LogP) is 5.84. The van der Waals surface area contributed by atoms with Gasteiger partial charge in [0.15, 0.2) is 0 Å². The fraction of sp³-hybridized carbons (Fsp3) is 0.481. The molecule has 2 aromatic carbocycles. The number of carbonyl (C=O) groups is 2. The van der Waals surface area contributed by atoms with Crippen LogP contribution in [-0.4, -0.2) is 51.8 Å². The van der Waals surface area contributed by atoms with Crippen molar-refractivity contribution >= 4 is 41.0 Å². The molecule has 1 saturated heterocycles. The molecule has 1 atom stereocenters. The lowest BCUT2D eigenvalue weighted by molar-refractivity contribution is -0.108. The fourth-order valence-electron chi connectivity index (χ4n) is 4.66. The minimum absolute atomic E-state index is 0.0343. The Kier molecular flexibility index (Phi) is 9.18. The highest BCUT2D eigenvalue weighted by atomic mass is 35.5. The monoisotopic (exact) mass is 517 g/mol. The second kappa shape index (κ2) is 12.5. The maximum absolute atomic E-state index is 14.3. The molecule has 2 N–H and O–H groups in total. The number of anilines is 3. The first-order valence-corrected chi connectivity index (χ1v) is 12.8. The van der Waals surface area contributed by atoms with Crippen molar-refractivity contribution in [1.82, 2.24) is 0 Å². The lowest BCUT2D eigenvalue weighted by Gasteiger charge is -2.37. The van der Waals surface area contributed by atoms with E-state index in [-0.39, 0.29) is 16.6 Å². The van der Waals surface area contributed by atoms with Gasteiger partial charge in [-0.2, -0.15) is 0 Å². The highest BCUT2D eigenvalue weighted by Gasteiger charge is 2.31. The van der Waals surface area contributed by atoms with Crippen molar-refractivity contribution in [2.75, 3.05) is 49.0 Å². The van der Waals surface area contributed by atoms with Crippen molar-refractivity contribution in [2.24, 2.45) is 5.92 Å². The number of urea groups is 1. The summed E-state index contributed by atoms with van der Waals surface area (Å²) in [6, 6.07) is 9.75. The predicted molar refractivity (Wildman–Crippen MR) is 140 cm³/mol. The molecule has 1 unspecified atom stereocenters. The minimum atomic E-state index is -0.615. The van der Waals surface area contributed by atoms with Crippen LogP contribution >= 0.6 is 11.6 Å². The summed E-state index contributed by atoms with van der Waals surface area (Å²) >= 11 is 5.84. The summed E-state index contributed by atoms with van der Waals surface area (Å²) in [5.74, 6) is -0.122. The zero-order valence-corrected chi connectivity index (χ0v) is 21.2. The first kappa shape index (κ1) is 26.4. The first-order chi connectivity index (χ1) is 17.5. The molecule has 2 aliphatic rings. The quantitative estimate of drug-likeness (QED) is 0.366. The molecule has 2 fully saturated rings. The summed E-state index contributed by atoms with van der Waals surface area (Å²) in [5, 5.41) is 5.77. The van der Waals surface area contributed by atoms with Crippen LogP contribution in [0.3, 0.4) is 0 Å². The number of benzene rings is 2. The van der Waals surface area contributed by atoms with Crippen molar-refractivity contribution in [1.29, 1.82) is 0 Å². The number of nitrogens with one attached hydrogen (secondary N) is 2. The molecule has 0 radical (unpaired) electrons. The van der Waals surface area contributed by atoms with Gasteiger partial charge in [-0.15, -0.1) is 0 Å². The average molecular weight is 518 g/mol. The van der Waals surface area contributed by atoms with Crippen LogP contribution in [0.1, 0.15) is 43.6 Å². The standard InChI is InChI=1S/C27H33ClFN3O4/c1-35-17-20(8-11-33)19-4-7-26(32(16-18-2-3-18)22-9-12-36-13-10-22)25(14-19)31-27(34)30-24-6-5-21(28)15-23(24)29/h4-7,11,14-15,18,20,22H,2-3,8-10,12-13,16-17H2,1H3,(H2,30,31,34). The number of ether oxygens (including phenoxy) is 2. The Morgan fingerprint density at radius 3 is 2.58 bits per heavy atom. The molecule has 0 aromatic heterocycles. The van der Waals surface area contributed by atoms with Crippen LogP contribution in [-0.2, 0) is 14.3 Å². The smallest absolute Gasteiger partial charge is 0.323 e. The maximum Gasteiger partial charge on any atom is 0.323 e.